The third kappa shape index (κ3) is 4.32. The molecule has 3 unspecified atom stereocenters. The fourth-order valence-electron chi connectivity index (χ4n) is 3.59. The lowest BCUT2D eigenvalue weighted by Crippen LogP contribution is -2.32. The summed E-state index contributed by atoms with van der Waals surface area (Å²) >= 11 is 1.86. The van der Waals surface area contributed by atoms with E-state index in [1.54, 1.807) is 5.56 Å². The van der Waals surface area contributed by atoms with Crippen molar-refractivity contribution >= 4 is 11.3 Å². The monoisotopic (exact) mass is 279 g/mol. The van der Waals surface area contributed by atoms with Crippen LogP contribution in [0.3, 0.4) is 0 Å². The molecule has 0 spiro atoms. The fraction of sp³-hybridized carbons (Fsp3) is 0.765. The molecule has 1 heterocycles. The Balaban J connectivity index is 1.96. The zero-order chi connectivity index (χ0) is 13.5. The first-order valence-corrected chi connectivity index (χ1v) is 9.02. The van der Waals surface area contributed by atoms with Crippen LogP contribution in [0.15, 0.2) is 16.8 Å². The molecule has 0 amide bonds. The highest BCUT2D eigenvalue weighted by Gasteiger charge is 2.30. The maximum Gasteiger partial charge on any atom is -0.00147 e. The van der Waals surface area contributed by atoms with E-state index in [4.69, 9.17) is 0 Å². The Hall–Kier alpha value is -0.340. The molecule has 1 fully saturated rings. The van der Waals surface area contributed by atoms with Gasteiger partial charge in [0.05, 0.1) is 0 Å². The van der Waals surface area contributed by atoms with Crippen LogP contribution in [0.1, 0.15) is 63.9 Å². The van der Waals surface area contributed by atoms with E-state index in [1.165, 1.54) is 51.6 Å². The van der Waals surface area contributed by atoms with Gasteiger partial charge < -0.3 is 5.32 Å². The molecule has 0 saturated heterocycles. The molecule has 1 aliphatic rings. The third-order valence-corrected chi connectivity index (χ3v) is 5.31. The number of thiophene rings is 1. The van der Waals surface area contributed by atoms with Gasteiger partial charge >= 0.3 is 0 Å². The van der Waals surface area contributed by atoms with Crippen LogP contribution in [0.5, 0.6) is 0 Å². The van der Waals surface area contributed by atoms with Gasteiger partial charge in [0.2, 0.25) is 0 Å². The van der Waals surface area contributed by atoms with Crippen LogP contribution in [0, 0.1) is 11.8 Å². The van der Waals surface area contributed by atoms with Crippen molar-refractivity contribution in [3.05, 3.63) is 22.4 Å². The predicted molar refractivity (Wildman–Crippen MR) is 86.0 cm³/mol. The Bertz CT molecular complexity index is 333. The normalized spacial score (nSPS) is 27.6. The molecule has 1 N–H and O–H groups in total. The molecule has 2 heteroatoms. The van der Waals surface area contributed by atoms with Crippen LogP contribution < -0.4 is 5.32 Å². The number of hydrogen-bond donors (Lipinski definition) is 1. The molecule has 0 radical (unpaired) electrons. The molecule has 0 aromatic carbocycles. The van der Waals surface area contributed by atoms with Crippen molar-refractivity contribution in [2.75, 3.05) is 13.1 Å². The Kier molecular flexibility index (Phi) is 6.39. The van der Waals surface area contributed by atoms with Gasteiger partial charge in [-0.25, -0.2) is 0 Å². The van der Waals surface area contributed by atoms with Crippen molar-refractivity contribution in [2.45, 2.75) is 58.3 Å². The summed E-state index contributed by atoms with van der Waals surface area (Å²) in [5.74, 6) is 2.63. The van der Waals surface area contributed by atoms with Crippen molar-refractivity contribution < 1.29 is 0 Å². The second kappa shape index (κ2) is 8.06. The molecular formula is C17H29NS. The van der Waals surface area contributed by atoms with Crippen LogP contribution in [0.25, 0.3) is 0 Å². The van der Waals surface area contributed by atoms with E-state index in [2.05, 4.69) is 36.0 Å². The lowest BCUT2D eigenvalue weighted by Gasteiger charge is -2.36. The van der Waals surface area contributed by atoms with E-state index >= 15 is 0 Å². The van der Waals surface area contributed by atoms with Gasteiger partial charge in [-0.15, -0.1) is 0 Å². The van der Waals surface area contributed by atoms with Crippen molar-refractivity contribution in [1.82, 2.24) is 5.32 Å². The number of nitrogens with one attached hydrogen (secondary N) is 1. The molecule has 0 aliphatic heterocycles. The van der Waals surface area contributed by atoms with Crippen molar-refractivity contribution in [3.63, 3.8) is 0 Å². The Morgan fingerprint density at radius 3 is 2.84 bits per heavy atom. The van der Waals surface area contributed by atoms with Gasteiger partial charge in [-0.3, -0.25) is 0 Å². The van der Waals surface area contributed by atoms with Gasteiger partial charge in [0.15, 0.2) is 0 Å². The first-order valence-electron chi connectivity index (χ1n) is 8.07. The van der Waals surface area contributed by atoms with E-state index in [9.17, 15) is 0 Å². The lowest BCUT2D eigenvalue weighted by molar-refractivity contribution is 0.221. The second-order valence-corrected chi connectivity index (χ2v) is 6.88. The standard InChI is InChI=1S/C17H29NS/c1-3-5-14-6-7-15(12-18-9-4-2)17(11-14)16-8-10-19-13-16/h8,10,13-15,17-18H,3-7,9,11-12H2,1-2H3. The molecular weight excluding hydrogens is 250 g/mol. The zero-order valence-electron chi connectivity index (χ0n) is 12.5. The van der Waals surface area contributed by atoms with E-state index in [1.807, 2.05) is 11.3 Å². The Morgan fingerprint density at radius 1 is 1.26 bits per heavy atom. The smallest absolute Gasteiger partial charge is 0.00147 e. The first-order chi connectivity index (χ1) is 9.35. The summed E-state index contributed by atoms with van der Waals surface area (Å²) in [6.45, 7) is 6.97. The second-order valence-electron chi connectivity index (χ2n) is 6.10. The minimum absolute atomic E-state index is 0.806. The molecule has 108 valence electrons. The highest BCUT2D eigenvalue weighted by molar-refractivity contribution is 7.07. The van der Waals surface area contributed by atoms with Crippen molar-refractivity contribution in [2.24, 2.45) is 11.8 Å². The molecule has 0 bridgehead atoms. The summed E-state index contributed by atoms with van der Waals surface area (Å²) in [6.07, 6.45) is 8.31. The minimum Gasteiger partial charge on any atom is -0.316 e. The van der Waals surface area contributed by atoms with Crippen LogP contribution in [-0.4, -0.2) is 13.1 Å². The lowest BCUT2D eigenvalue weighted by atomic mass is 9.70. The minimum atomic E-state index is 0.806. The van der Waals surface area contributed by atoms with Crippen molar-refractivity contribution in [1.29, 1.82) is 0 Å². The molecule has 1 aliphatic carbocycles. The van der Waals surface area contributed by atoms with Crippen LogP contribution in [0.2, 0.25) is 0 Å². The highest BCUT2D eigenvalue weighted by Crippen LogP contribution is 2.42. The van der Waals surface area contributed by atoms with Crippen LogP contribution >= 0.6 is 11.3 Å². The molecule has 1 saturated carbocycles. The zero-order valence-corrected chi connectivity index (χ0v) is 13.3. The quantitative estimate of drug-likeness (QED) is 0.689. The summed E-state index contributed by atoms with van der Waals surface area (Å²) in [6, 6.07) is 2.36. The predicted octanol–water partition coefficient (Wildman–Crippen LogP) is 5.05. The van der Waals surface area contributed by atoms with Gasteiger partial charge in [0, 0.05) is 0 Å². The SMILES string of the molecule is CCCNCC1CCC(CCC)CC1c1ccsc1. The Morgan fingerprint density at radius 2 is 2.16 bits per heavy atom. The maximum atomic E-state index is 3.65. The summed E-state index contributed by atoms with van der Waals surface area (Å²) in [4.78, 5) is 0. The van der Waals surface area contributed by atoms with Gasteiger partial charge in [-0.1, -0.05) is 33.1 Å². The largest absolute Gasteiger partial charge is 0.316 e. The average molecular weight is 279 g/mol. The van der Waals surface area contributed by atoms with E-state index in [0.29, 0.717) is 0 Å². The van der Waals surface area contributed by atoms with Gasteiger partial charge in [0.1, 0.15) is 0 Å². The fourth-order valence-corrected chi connectivity index (χ4v) is 4.32. The van der Waals surface area contributed by atoms with Crippen LogP contribution in [0.4, 0.5) is 0 Å². The molecule has 2 rings (SSSR count). The molecule has 1 aromatic rings. The van der Waals surface area contributed by atoms with Gasteiger partial charge in [-0.05, 0) is 72.5 Å². The molecule has 3 atom stereocenters. The molecule has 1 nitrogen and oxygen atoms in total. The topological polar surface area (TPSA) is 12.0 Å². The average Bonchev–Trinajstić information content (AvgIpc) is 2.94. The summed E-state index contributed by atoms with van der Waals surface area (Å²) in [7, 11) is 0. The van der Waals surface area contributed by atoms with Crippen LogP contribution in [-0.2, 0) is 0 Å². The maximum absolute atomic E-state index is 3.65. The highest BCUT2D eigenvalue weighted by atomic mass is 32.1. The van der Waals surface area contributed by atoms with E-state index < -0.39 is 0 Å². The molecule has 1 aromatic heterocycles. The van der Waals surface area contributed by atoms with E-state index in [0.717, 1.165) is 17.8 Å². The summed E-state index contributed by atoms with van der Waals surface area (Å²) in [5, 5.41) is 8.27. The van der Waals surface area contributed by atoms with E-state index in [-0.39, 0.29) is 0 Å². The summed E-state index contributed by atoms with van der Waals surface area (Å²) in [5.41, 5.74) is 1.61. The number of rotatable bonds is 7. The van der Waals surface area contributed by atoms with Gasteiger partial charge in [0.25, 0.3) is 0 Å². The summed E-state index contributed by atoms with van der Waals surface area (Å²) < 4.78 is 0. The van der Waals surface area contributed by atoms with Crippen molar-refractivity contribution in [3.8, 4) is 0 Å². The Labute approximate surface area is 122 Å². The molecule has 19 heavy (non-hydrogen) atoms. The first kappa shape index (κ1) is 15.1. The van der Waals surface area contributed by atoms with Gasteiger partial charge in [-0.2, -0.15) is 11.3 Å². The third-order valence-electron chi connectivity index (χ3n) is 4.60. The number of hydrogen-bond acceptors (Lipinski definition) is 2.